The zero-order valence-corrected chi connectivity index (χ0v) is 11.2. The topological polar surface area (TPSA) is 42.7 Å². The summed E-state index contributed by atoms with van der Waals surface area (Å²) in [5, 5.41) is 6.90. The van der Waals surface area contributed by atoms with E-state index in [9.17, 15) is 13.2 Å². The zero-order chi connectivity index (χ0) is 14.7. The quantitative estimate of drug-likeness (QED) is 0.856. The number of hydrogen-bond donors (Lipinski definition) is 1. The Bertz CT molecular complexity index is 597. The van der Waals surface area contributed by atoms with Crippen molar-refractivity contribution in [1.82, 2.24) is 20.1 Å². The van der Waals surface area contributed by atoms with Gasteiger partial charge in [-0.25, -0.2) is 18.2 Å². The smallest absolute Gasteiger partial charge is 0.194 e. The van der Waals surface area contributed by atoms with Gasteiger partial charge in [-0.05, 0) is 20.0 Å². The van der Waals surface area contributed by atoms with Gasteiger partial charge in [0, 0.05) is 24.6 Å². The average molecular weight is 284 g/mol. The molecule has 1 N–H and O–H groups in total. The minimum Gasteiger partial charge on any atom is -0.313 e. The molecule has 2 aromatic rings. The molecule has 0 fully saturated rings. The second-order valence-corrected chi connectivity index (χ2v) is 4.30. The number of likely N-dealkylation sites (N-methyl/N-ethyl adjacent to an activating group) is 1. The molecule has 20 heavy (non-hydrogen) atoms. The fourth-order valence-corrected chi connectivity index (χ4v) is 2.07. The highest BCUT2D eigenvalue weighted by Gasteiger charge is 2.21. The van der Waals surface area contributed by atoms with Crippen LogP contribution in [0.5, 0.6) is 0 Å². The highest BCUT2D eigenvalue weighted by atomic mass is 19.2. The maximum absolute atomic E-state index is 13.8. The van der Waals surface area contributed by atoms with Crippen LogP contribution in [-0.2, 0) is 13.0 Å². The third-order valence-electron chi connectivity index (χ3n) is 3.17. The van der Waals surface area contributed by atoms with Crippen molar-refractivity contribution in [3.05, 3.63) is 47.3 Å². The van der Waals surface area contributed by atoms with Crippen molar-refractivity contribution >= 4 is 0 Å². The van der Waals surface area contributed by atoms with E-state index < -0.39 is 23.5 Å². The lowest BCUT2D eigenvalue weighted by Crippen LogP contribution is -2.22. The Balaban J connectivity index is 2.31. The van der Waals surface area contributed by atoms with E-state index in [-0.39, 0.29) is 5.56 Å². The van der Waals surface area contributed by atoms with Gasteiger partial charge in [-0.1, -0.05) is 6.07 Å². The largest absolute Gasteiger partial charge is 0.313 e. The molecule has 7 heteroatoms. The molecule has 0 bridgehead atoms. The Morgan fingerprint density at radius 1 is 1.25 bits per heavy atom. The summed E-state index contributed by atoms with van der Waals surface area (Å²) < 4.78 is 41.7. The molecule has 1 heterocycles. The summed E-state index contributed by atoms with van der Waals surface area (Å²) in [6.45, 7) is 2.54. The molecule has 2 rings (SSSR count). The Labute approximate surface area is 114 Å². The zero-order valence-electron chi connectivity index (χ0n) is 11.2. The fraction of sp³-hybridized carbons (Fsp3) is 0.385. The van der Waals surface area contributed by atoms with Crippen LogP contribution in [0.2, 0.25) is 0 Å². The van der Waals surface area contributed by atoms with Crippen LogP contribution in [-0.4, -0.2) is 21.8 Å². The predicted octanol–water partition coefficient (Wildman–Crippen LogP) is 2.22. The lowest BCUT2D eigenvalue weighted by atomic mass is 10.0. The second-order valence-electron chi connectivity index (χ2n) is 4.30. The van der Waals surface area contributed by atoms with Gasteiger partial charge in [0.15, 0.2) is 17.5 Å². The third kappa shape index (κ3) is 2.67. The van der Waals surface area contributed by atoms with Crippen molar-refractivity contribution < 1.29 is 13.2 Å². The van der Waals surface area contributed by atoms with Gasteiger partial charge in [0.25, 0.3) is 0 Å². The van der Waals surface area contributed by atoms with E-state index in [4.69, 9.17) is 0 Å². The maximum Gasteiger partial charge on any atom is 0.194 e. The second kappa shape index (κ2) is 6.04. The summed E-state index contributed by atoms with van der Waals surface area (Å²) in [7, 11) is 1.62. The molecular weight excluding hydrogens is 269 g/mol. The van der Waals surface area contributed by atoms with Crippen LogP contribution in [0.1, 0.15) is 24.4 Å². The van der Waals surface area contributed by atoms with E-state index in [2.05, 4.69) is 15.4 Å². The van der Waals surface area contributed by atoms with E-state index >= 15 is 0 Å². The van der Waals surface area contributed by atoms with Crippen molar-refractivity contribution in [3.63, 3.8) is 0 Å². The van der Waals surface area contributed by atoms with E-state index in [1.54, 1.807) is 11.7 Å². The van der Waals surface area contributed by atoms with Crippen molar-refractivity contribution in [2.75, 3.05) is 7.05 Å². The number of rotatable bonds is 5. The molecule has 1 aromatic carbocycles. The molecular formula is C13H15F3N4. The van der Waals surface area contributed by atoms with Crippen LogP contribution in [0.4, 0.5) is 13.2 Å². The average Bonchev–Trinajstić information content (AvgIpc) is 2.90. The summed E-state index contributed by atoms with van der Waals surface area (Å²) in [5.41, 5.74) is 0.0667. The van der Waals surface area contributed by atoms with Crippen LogP contribution >= 0.6 is 0 Å². The molecule has 0 aliphatic carbocycles. The number of nitrogens with one attached hydrogen (secondary N) is 1. The Hall–Kier alpha value is -1.89. The fourth-order valence-electron chi connectivity index (χ4n) is 2.07. The minimum atomic E-state index is -1.46. The minimum absolute atomic E-state index is 0.0667. The van der Waals surface area contributed by atoms with Crippen molar-refractivity contribution in [2.24, 2.45) is 0 Å². The Morgan fingerprint density at radius 3 is 2.65 bits per heavy atom. The van der Waals surface area contributed by atoms with Crippen LogP contribution in [0.15, 0.2) is 18.5 Å². The van der Waals surface area contributed by atoms with Gasteiger partial charge < -0.3 is 5.32 Å². The lowest BCUT2D eigenvalue weighted by molar-refractivity contribution is 0.425. The molecule has 108 valence electrons. The van der Waals surface area contributed by atoms with Gasteiger partial charge in [-0.3, -0.25) is 4.68 Å². The summed E-state index contributed by atoms with van der Waals surface area (Å²) in [6, 6.07) is 1.64. The third-order valence-corrected chi connectivity index (χ3v) is 3.17. The SMILES string of the molecule is CCn1ncnc1CC(NC)c1ccc(F)c(F)c1F. The molecule has 4 nitrogen and oxygen atoms in total. The van der Waals surface area contributed by atoms with Gasteiger partial charge >= 0.3 is 0 Å². The highest BCUT2D eigenvalue weighted by molar-refractivity contribution is 5.24. The summed E-state index contributed by atoms with van der Waals surface area (Å²) in [5.74, 6) is -3.18. The first kappa shape index (κ1) is 14.5. The molecule has 0 saturated carbocycles. The predicted molar refractivity (Wildman–Crippen MR) is 67.5 cm³/mol. The van der Waals surface area contributed by atoms with Crippen molar-refractivity contribution in [1.29, 1.82) is 0 Å². The number of aryl methyl sites for hydroxylation is 1. The monoisotopic (exact) mass is 284 g/mol. The van der Waals surface area contributed by atoms with Gasteiger partial charge in [0.05, 0.1) is 0 Å². The standard InChI is InChI=1S/C13H15F3N4/c1-3-20-11(18-7-19-20)6-10(17-2)8-4-5-9(14)13(16)12(8)15/h4-5,7,10,17H,3,6H2,1-2H3. The van der Waals surface area contributed by atoms with Crippen molar-refractivity contribution in [3.8, 4) is 0 Å². The first-order valence-electron chi connectivity index (χ1n) is 6.25. The van der Waals surface area contributed by atoms with Gasteiger partial charge in [-0.15, -0.1) is 0 Å². The summed E-state index contributed by atoms with van der Waals surface area (Å²) >= 11 is 0. The first-order valence-corrected chi connectivity index (χ1v) is 6.25. The highest BCUT2D eigenvalue weighted by Crippen LogP contribution is 2.23. The normalized spacial score (nSPS) is 12.7. The molecule has 1 atom stereocenters. The molecule has 0 saturated heterocycles. The molecule has 0 radical (unpaired) electrons. The van der Waals surface area contributed by atoms with E-state index in [0.717, 1.165) is 6.07 Å². The number of benzene rings is 1. The van der Waals surface area contributed by atoms with Gasteiger partial charge in [0.2, 0.25) is 0 Å². The molecule has 0 aliphatic rings. The van der Waals surface area contributed by atoms with Crippen LogP contribution < -0.4 is 5.32 Å². The maximum atomic E-state index is 13.8. The number of halogens is 3. The summed E-state index contributed by atoms with van der Waals surface area (Å²) in [4.78, 5) is 4.09. The molecule has 0 amide bonds. The van der Waals surface area contributed by atoms with E-state index in [0.29, 0.717) is 18.8 Å². The van der Waals surface area contributed by atoms with Crippen LogP contribution in [0.25, 0.3) is 0 Å². The number of nitrogens with zero attached hydrogens (tertiary/aromatic N) is 3. The Kier molecular flexibility index (Phi) is 4.39. The van der Waals surface area contributed by atoms with Crippen LogP contribution in [0.3, 0.4) is 0 Å². The summed E-state index contributed by atoms with van der Waals surface area (Å²) in [6.07, 6.45) is 1.74. The van der Waals surface area contributed by atoms with Crippen LogP contribution in [0, 0.1) is 17.5 Å². The molecule has 0 aliphatic heterocycles. The van der Waals surface area contributed by atoms with E-state index in [1.807, 2.05) is 6.92 Å². The van der Waals surface area contributed by atoms with Crippen molar-refractivity contribution in [2.45, 2.75) is 25.9 Å². The molecule has 1 unspecified atom stereocenters. The first-order chi connectivity index (χ1) is 9.58. The number of aromatic nitrogens is 3. The van der Waals surface area contributed by atoms with Gasteiger partial charge in [-0.2, -0.15) is 5.10 Å². The van der Waals surface area contributed by atoms with E-state index in [1.165, 1.54) is 12.4 Å². The molecule has 0 spiro atoms. The van der Waals surface area contributed by atoms with Gasteiger partial charge in [0.1, 0.15) is 12.2 Å². The molecule has 1 aromatic heterocycles. The number of hydrogen-bond acceptors (Lipinski definition) is 3. The lowest BCUT2D eigenvalue weighted by Gasteiger charge is -2.17. The Morgan fingerprint density at radius 2 is 2.00 bits per heavy atom.